The van der Waals surface area contributed by atoms with Crippen LogP contribution in [0.4, 0.5) is 23.2 Å². The van der Waals surface area contributed by atoms with Gasteiger partial charge in [0.1, 0.15) is 5.56 Å². The number of carbonyl (C=O) groups excluding carboxylic acids is 1. The number of pyridine rings is 2. The number of benzene rings is 1. The van der Waals surface area contributed by atoms with Crippen LogP contribution < -0.4 is 15.8 Å². The summed E-state index contributed by atoms with van der Waals surface area (Å²) < 4.78 is 73.8. The Morgan fingerprint density at radius 3 is 2.61 bits per heavy atom. The summed E-state index contributed by atoms with van der Waals surface area (Å²) in [4.78, 5) is 20.9. The highest BCUT2D eigenvalue weighted by Crippen LogP contribution is 2.37. The summed E-state index contributed by atoms with van der Waals surface area (Å²) in [6.07, 6.45) is -4.22. The van der Waals surface area contributed by atoms with Crippen molar-refractivity contribution in [2.75, 3.05) is 25.5 Å². The summed E-state index contributed by atoms with van der Waals surface area (Å²) >= 11 is -1.57. The Morgan fingerprint density at radius 2 is 1.97 bits per heavy atom. The van der Waals surface area contributed by atoms with E-state index in [-0.39, 0.29) is 23.7 Å². The zero-order valence-electron chi connectivity index (χ0n) is 19.5. The number of anilines is 1. The molecule has 3 rings (SSSR count). The molecule has 8 nitrogen and oxygen atoms in total. The van der Waals surface area contributed by atoms with Crippen LogP contribution in [0.2, 0.25) is 0 Å². The lowest BCUT2D eigenvalue weighted by Crippen LogP contribution is -2.31. The number of nitrogens with two attached hydrogens (primary N) is 1. The average Bonchev–Trinajstić information content (AvgIpc) is 2.80. The number of hydrogen-bond donors (Lipinski definition) is 2. The van der Waals surface area contributed by atoms with Crippen molar-refractivity contribution in [1.29, 1.82) is 0 Å². The molecule has 36 heavy (non-hydrogen) atoms. The lowest BCUT2D eigenvalue weighted by molar-refractivity contribution is -0.138. The fraction of sp³-hybridized carbons (Fsp3) is 0.261. The van der Waals surface area contributed by atoms with Gasteiger partial charge in [-0.3, -0.25) is 4.79 Å². The molecule has 2 aromatic heterocycles. The van der Waals surface area contributed by atoms with Crippen LogP contribution in [0.5, 0.6) is 11.6 Å². The molecule has 0 unspecified atom stereocenters. The lowest BCUT2D eigenvalue weighted by Gasteiger charge is -2.20. The van der Waals surface area contributed by atoms with Crippen LogP contribution in [0.3, 0.4) is 0 Å². The fourth-order valence-corrected chi connectivity index (χ4v) is 4.31. The summed E-state index contributed by atoms with van der Waals surface area (Å²) in [6, 6.07) is 8.28. The number of halogens is 4. The standard InChI is InChI=1S/C23H23F4N5O3S/c1-13-17(23(25,26)27)12-29-22(35-18-7-8-19(24)30-14(18)2)20(13)21(33)31-15-5-4-6-16(11-15)36(34)32(3)10-9-28/h4-8,11-12H,9-10,28H2,1-3H3,(H,31,33)/t36-/m1/s1. The van der Waals surface area contributed by atoms with Gasteiger partial charge in [-0.15, -0.1) is 4.31 Å². The third-order valence-electron chi connectivity index (χ3n) is 5.07. The molecule has 0 saturated heterocycles. The summed E-state index contributed by atoms with van der Waals surface area (Å²) in [5, 5.41) is 2.51. The molecule has 0 aliphatic carbocycles. The monoisotopic (exact) mass is 525 g/mol. The first-order valence-corrected chi connectivity index (χ1v) is 11.6. The molecule has 192 valence electrons. The average molecular weight is 526 g/mol. The van der Waals surface area contributed by atoms with Crippen LogP contribution in [0.1, 0.15) is 27.2 Å². The van der Waals surface area contributed by atoms with Crippen molar-refractivity contribution in [2.45, 2.75) is 24.9 Å². The number of nitrogens with zero attached hydrogens (tertiary/aromatic N) is 3. The van der Waals surface area contributed by atoms with Gasteiger partial charge in [0.2, 0.25) is 11.8 Å². The highest BCUT2D eigenvalue weighted by atomic mass is 32.2. The van der Waals surface area contributed by atoms with Crippen LogP contribution in [-0.2, 0) is 17.5 Å². The van der Waals surface area contributed by atoms with Gasteiger partial charge in [0.05, 0.1) is 29.2 Å². The third kappa shape index (κ3) is 6.29. The summed E-state index contributed by atoms with van der Waals surface area (Å²) in [5.41, 5.74) is 3.79. The van der Waals surface area contributed by atoms with Crippen molar-refractivity contribution in [3.63, 3.8) is 0 Å². The van der Waals surface area contributed by atoms with Gasteiger partial charge in [-0.1, -0.05) is 6.07 Å². The maximum atomic E-state index is 13.6. The number of amides is 1. The van der Waals surface area contributed by atoms with E-state index in [4.69, 9.17) is 10.5 Å². The highest BCUT2D eigenvalue weighted by Gasteiger charge is 2.36. The van der Waals surface area contributed by atoms with Gasteiger partial charge in [0.25, 0.3) is 5.91 Å². The van der Waals surface area contributed by atoms with Gasteiger partial charge in [-0.05, 0) is 43.7 Å². The maximum Gasteiger partial charge on any atom is 0.418 e. The van der Waals surface area contributed by atoms with E-state index < -0.39 is 52.0 Å². The molecular formula is C23H23F4N5O3S. The molecule has 3 aromatic rings. The van der Waals surface area contributed by atoms with Crippen LogP contribution in [0.15, 0.2) is 47.5 Å². The summed E-state index contributed by atoms with van der Waals surface area (Å²) in [7, 11) is 1.61. The van der Waals surface area contributed by atoms with Gasteiger partial charge in [0.15, 0.2) is 10.6 Å². The molecule has 0 radical (unpaired) electrons. The van der Waals surface area contributed by atoms with E-state index in [1.807, 2.05) is 0 Å². The van der Waals surface area contributed by atoms with E-state index in [1.54, 1.807) is 19.2 Å². The van der Waals surface area contributed by atoms with Crippen molar-refractivity contribution in [3.8, 4) is 11.6 Å². The van der Waals surface area contributed by atoms with E-state index in [1.165, 1.54) is 29.4 Å². The molecule has 13 heteroatoms. The predicted octanol–water partition coefficient (Wildman–Crippen LogP) is 4.21. The van der Waals surface area contributed by atoms with E-state index in [9.17, 15) is 26.9 Å². The minimum absolute atomic E-state index is 0.0115. The molecule has 0 saturated carbocycles. The number of aromatic nitrogens is 2. The Morgan fingerprint density at radius 1 is 1.25 bits per heavy atom. The predicted molar refractivity (Wildman–Crippen MR) is 125 cm³/mol. The van der Waals surface area contributed by atoms with Gasteiger partial charge in [-0.25, -0.2) is 9.97 Å². The summed E-state index contributed by atoms with van der Waals surface area (Å²) in [6.45, 7) is 3.20. The van der Waals surface area contributed by atoms with Gasteiger partial charge in [-0.2, -0.15) is 17.6 Å². The first-order chi connectivity index (χ1) is 16.9. The quantitative estimate of drug-likeness (QED) is 0.257. The molecule has 0 bridgehead atoms. The van der Waals surface area contributed by atoms with Crippen LogP contribution in [-0.4, -0.2) is 44.9 Å². The third-order valence-corrected chi connectivity index (χ3v) is 6.47. The number of rotatable bonds is 8. The minimum Gasteiger partial charge on any atom is -0.593 e. The van der Waals surface area contributed by atoms with E-state index in [0.29, 0.717) is 17.6 Å². The Kier molecular flexibility index (Phi) is 8.51. The number of hydrogen-bond acceptors (Lipinski definition) is 7. The van der Waals surface area contributed by atoms with Crippen LogP contribution >= 0.6 is 0 Å². The van der Waals surface area contributed by atoms with Crippen molar-refractivity contribution in [3.05, 3.63) is 70.9 Å². The normalized spacial score (nSPS) is 12.5. The van der Waals surface area contributed by atoms with Gasteiger partial charge in [0, 0.05) is 31.5 Å². The topological polar surface area (TPSA) is 116 Å². The molecule has 1 amide bonds. The van der Waals surface area contributed by atoms with Crippen LogP contribution in [0, 0.1) is 19.8 Å². The summed E-state index contributed by atoms with van der Waals surface area (Å²) in [5.74, 6) is -2.12. The smallest absolute Gasteiger partial charge is 0.418 e. The Balaban J connectivity index is 2.00. The second kappa shape index (κ2) is 11.2. The number of carbonyl (C=O) groups is 1. The van der Waals surface area contributed by atoms with E-state index >= 15 is 0 Å². The molecule has 1 aromatic carbocycles. The van der Waals surface area contributed by atoms with Crippen molar-refractivity contribution in [2.24, 2.45) is 5.73 Å². The molecule has 3 N–H and O–H groups in total. The second-order valence-corrected chi connectivity index (χ2v) is 9.26. The molecule has 1 atom stereocenters. The highest BCUT2D eigenvalue weighted by molar-refractivity contribution is 7.89. The SMILES string of the molecule is Cc1nc(F)ccc1Oc1ncc(C(F)(F)F)c(C)c1C(=O)Nc1cccc([S@@+]([O-])N(C)CCN)c1. The maximum absolute atomic E-state index is 13.6. The molecule has 0 aliphatic heterocycles. The molecule has 0 fully saturated rings. The number of likely N-dealkylation sites (N-methyl/N-ethyl adjacent to an activating group) is 1. The molecular weight excluding hydrogens is 502 g/mol. The first kappa shape index (κ1) is 27.3. The molecule has 0 spiro atoms. The minimum atomic E-state index is -4.78. The Hall–Kier alpha value is -3.26. The van der Waals surface area contributed by atoms with Crippen molar-refractivity contribution < 1.29 is 31.6 Å². The molecule has 2 heterocycles. The van der Waals surface area contributed by atoms with E-state index in [2.05, 4.69) is 15.3 Å². The zero-order chi connectivity index (χ0) is 26.6. The number of aryl methyl sites for hydroxylation is 1. The van der Waals surface area contributed by atoms with Crippen molar-refractivity contribution >= 4 is 23.0 Å². The largest absolute Gasteiger partial charge is 0.593 e. The first-order valence-electron chi connectivity index (χ1n) is 10.5. The van der Waals surface area contributed by atoms with Crippen LogP contribution in [0.25, 0.3) is 0 Å². The number of alkyl halides is 3. The van der Waals surface area contributed by atoms with Gasteiger partial charge < -0.3 is 20.3 Å². The Bertz CT molecular complexity index is 1260. The lowest BCUT2D eigenvalue weighted by atomic mass is 10.0. The molecule has 0 aliphatic rings. The Labute approximate surface area is 207 Å². The van der Waals surface area contributed by atoms with Crippen molar-refractivity contribution in [1.82, 2.24) is 14.3 Å². The second-order valence-electron chi connectivity index (χ2n) is 7.67. The zero-order valence-corrected chi connectivity index (χ0v) is 20.3. The van der Waals surface area contributed by atoms with E-state index in [0.717, 1.165) is 13.0 Å². The van der Waals surface area contributed by atoms with Gasteiger partial charge >= 0.3 is 6.18 Å². The fourth-order valence-electron chi connectivity index (χ4n) is 3.26. The number of nitrogens with one attached hydrogen (secondary N) is 1. The number of ether oxygens (including phenoxy) is 1.